The Balaban J connectivity index is 1.24. The first-order valence-electron chi connectivity index (χ1n) is 8.82. The molecule has 1 aromatic rings. The number of carbonyl (C=O) groups excluding carboxylic acids is 1. The normalized spacial score (nSPS) is 26.7. The first-order chi connectivity index (χ1) is 11.7. The van der Waals surface area contributed by atoms with Gasteiger partial charge in [0.05, 0.1) is 17.1 Å². The molecule has 1 aromatic heterocycles. The predicted octanol–water partition coefficient (Wildman–Crippen LogP) is 2.73. The fourth-order valence-electron chi connectivity index (χ4n) is 3.84. The van der Waals surface area contributed by atoms with Gasteiger partial charge in [-0.05, 0) is 38.2 Å². The summed E-state index contributed by atoms with van der Waals surface area (Å²) >= 11 is 1.97. The Labute approximate surface area is 147 Å². The molecule has 3 aliphatic rings. The van der Waals surface area contributed by atoms with Crippen molar-refractivity contribution in [1.82, 2.24) is 4.90 Å². The summed E-state index contributed by atoms with van der Waals surface area (Å²) in [4.78, 5) is 14.3. The van der Waals surface area contributed by atoms with E-state index in [4.69, 9.17) is 13.9 Å². The van der Waals surface area contributed by atoms with Crippen molar-refractivity contribution in [3.05, 3.63) is 23.7 Å². The molecule has 5 nitrogen and oxygen atoms in total. The van der Waals surface area contributed by atoms with Gasteiger partial charge in [-0.3, -0.25) is 4.79 Å². The minimum Gasteiger partial charge on any atom is -0.459 e. The molecule has 3 aliphatic heterocycles. The molecule has 3 saturated heterocycles. The van der Waals surface area contributed by atoms with Crippen molar-refractivity contribution in [2.24, 2.45) is 5.92 Å². The number of hydrogen-bond acceptors (Lipinski definition) is 5. The van der Waals surface area contributed by atoms with Gasteiger partial charge < -0.3 is 18.8 Å². The highest BCUT2D eigenvalue weighted by Crippen LogP contribution is 2.46. The standard InChI is InChI=1S/C18H25NO4S/c1-13-2-7-22-16(13)17(20)19-11-18(12-19)8-15(10-24-18)23-9-14-3-5-21-6-4-14/h2,7,14-15H,3-6,8-12H2,1H3/t15-/m1/s1. The molecule has 0 saturated carbocycles. The SMILES string of the molecule is Cc1ccoc1C(=O)N1CC2(C[C@@H](OCC3CCOCC3)CS2)C1. The van der Waals surface area contributed by atoms with E-state index in [0.717, 1.165) is 63.5 Å². The third kappa shape index (κ3) is 3.24. The summed E-state index contributed by atoms with van der Waals surface area (Å²) in [6.07, 6.45) is 5.22. The zero-order valence-electron chi connectivity index (χ0n) is 14.2. The second-order valence-corrected chi connectivity index (χ2v) is 8.79. The number of rotatable bonds is 4. The van der Waals surface area contributed by atoms with Gasteiger partial charge in [0.15, 0.2) is 5.76 Å². The Bertz CT molecular complexity index is 590. The third-order valence-corrected chi connectivity index (χ3v) is 6.96. The van der Waals surface area contributed by atoms with Crippen molar-refractivity contribution in [3.8, 4) is 0 Å². The molecule has 1 spiro atoms. The van der Waals surface area contributed by atoms with Crippen LogP contribution in [0.5, 0.6) is 0 Å². The van der Waals surface area contributed by atoms with Crippen molar-refractivity contribution in [1.29, 1.82) is 0 Å². The van der Waals surface area contributed by atoms with Gasteiger partial charge in [0.1, 0.15) is 0 Å². The van der Waals surface area contributed by atoms with Gasteiger partial charge in [0.2, 0.25) is 0 Å². The number of amides is 1. The highest BCUT2D eigenvalue weighted by atomic mass is 32.2. The van der Waals surface area contributed by atoms with Crippen molar-refractivity contribution in [2.75, 3.05) is 38.7 Å². The Hall–Kier alpha value is -0.980. The van der Waals surface area contributed by atoms with Crippen LogP contribution in [0.25, 0.3) is 0 Å². The number of thioether (sulfide) groups is 1. The van der Waals surface area contributed by atoms with E-state index < -0.39 is 0 Å². The molecule has 6 heteroatoms. The maximum absolute atomic E-state index is 12.4. The summed E-state index contributed by atoms with van der Waals surface area (Å²) in [6, 6.07) is 1.84. The Morgan fingerprint density at radius 2 is 2.21 bits per heavy atom. The van der Waals surface area contributed by atoms with Crippen LogP contribution in [0.2, 0.25) is 0 Å². The molecule has 0 unspecified atom stereocenters. The molecule has 0 radical (unpaired) electrons. The number of hydrogen-bond donors (Lipinski definition) is 0. The van der Waals surface area contributed by atoms with Crippen LogP contribution in [0, 0.1) is 12.8 Å². The molecule has 132 valence electrons. The smallest absolute Gasteiger partial charge is 0.289 e. The van der Waals surface area contributed by atoms with Gasteiger partial charge >= 0.3 is 0 Å². The first-order valence-corrected chi connectivity index (χ1v) is 9.80. The average Bonchev–Trinajstić information content (AvgIpc) is 3.18. The topological polar surface area (TPSA) is 51.9 Å². The number of ether oxygens (including phenoxy) is 2. The maximum Gasteiger partial charge on any atom is 0.289 e. The first kappa shape index (κ1) is 16.5. The summed E-state index contributed by atoms with van der Waals surface area (Å²) in [5, 5.41) is 0. The minimum absolute atomic E-state index is 0.0234. The van der Waals surface area contributed by atoms with Gasteiger partial charge in [-0.2, -0.15) is 0 Å². The molecule has 4 heterocycles. The molecular weight excluding hydrogens is 326 g/mol. The van der Waals surface area contributed by atoms with Crippen LogP contribution < -0.4 is 0 Å². The number of carbonyl (C=O) groups is 1. The van der Waals surface area contributed by atoms with Crippen molar-refractivity contribution in [3.63, 3.8) is 0 Å². The van der Waals surface area contributed by atoms with Crippen LogP contribution in [0.3, 0.4) is 0 Å². The van der Waals surface area contributed by atoms with Crippen LogP contribution in [0.4, 0.5) is 0 Å². The van der Waals surface area contributed by atoms with E-state index in [1.54, 1.807) is 6.26 Å². The lowest BCUT2D eigenvalue weighted by atomic mass is 9.92. The number of nitrogens with zero attached hydrogens (tertiary/aromatic N) is 1. The molecule has 1 atom stereocenters. The Kier molecular flexibility index (Phi) is 4.62. The largest absolute Gasteiger partial charge is 0.459 e. The van der Waals surface area contributed by atoms with E-state index in [1.807, 2.05) is 29.7 Å². The zero-order chi connectivity index (χ0) is 16.6. The van der Waals surface area contributed by atoms with Gasteiger partial charge in [0, 0.05) is 44.2 Å². The molecule has 3 fully saturated rings. The fraction of sp³-hybridized carbons (Fsp3) is 0.722. The average molecular weight is 351 g/mol. The van der Waals surface area contributed by atoms with Crippen molar-refractivity contribution < 1.29 is 18.7 Å². The summed E-state index contributed by atoms with van der Waals surface area (Å²) in [5.41, 5.74) is 0.915. The molecule has 4 rings (SSSR count). The van der Waals surface area contributed by atoms with Crippen LogP contribution in [0.1, 0.15) is 35.4 Å². The number of furan rings is 1. The molecule has 24 heavy (non-hydrogen) atoms. The highest BCUT2D eigenvalue weighted by molar-refractivity contribution is 8.01. The van der Waals surface area contributed by atoms with E-state index in [-0.39, 0.29) is 10.7 Å². The Morgan fingerprint density at radius 1 is 1.42 bits per heavy atom. The second-order valence-electron chi connectivity index (χ2n) is 7.30. The van der Waals surface area contributed by atoms with Gasteiger partial charge in [-0.25, -0.2) is 0 Å². The quantitative estimate of drug-likeness (QED) is 0.835. The lowest BCUT2D eigenvalue weighted by molar-refractivity contribution is -0.0120. The molecule has 0 aromatic carbocycles. The lowest BCUT2D eigenvalue weighted by Crippen LogP contribution is -2.60. The number of aryl methyl sites for hydroxylation is 1. The molecule has 0 N–H and O–H groups in total. The van der Waals surface area contributed by atoms with E-state index >= 15 is 0 Å². The predicted molar refractivity (Wildman–Crippen MR) is 92.4 cm³/mol. The van der Waals surface area contributed by atoms with Crippen LogP contribution >= 0.6 is 11.8 Å². The van der Waals surface area contributed by atoms with Crippen LogP contribution in [-0.4, -0.2) is 60.3 Å². The van der Waals surface area contributed by atoms with E-state index in [2.05, 4.69) is 0 Å². The summed E-state index contributed by atoms with van der Waals surface area (Å²) in [5.74, 6) is 2.21. The monoisotopic (exact) mass is 351 g/mol. The molecular formula is C18H25NO4S. The molecule has 1 amide bonds. The van der Waals surface area contributed by atoms with Gasteiger partial charge in [-0.1, -0.05) is 0 Å². The van der Waals surface area contributed by atoms with E-state index in [1.165, 1.54) is 0 Å². The summed E-state index contributed by atoms with van der Waals surface area (Å²) in [7, 11) is 0. The molecule has 0 bridgehead atoms. The molecule has 0 aliphatic carbocycles. The zero-order valence-corrected chi connectivity index (χ0v) is 15.0. The number of likely N-dealkylation sites (tertiary alicyclic amines) is 1. The van der Waals surface area contributed by atoms with E-state index in [0.29, 0.717) is 17.8 Å². The third-order valence-electron chi connectivity index (χ3n) is 5.39. The van der Waals surface area contributed by atoms with Crippen LogP contribution in [-0.2, 0) is 9.47 Å². The van der Waals surface area contributed by atoms with Crippen molar-refractivity contribution >= 4 is 17.7 Å². The minimum atomic E-state index is 0.0234. The van der Waals surface area contributed by atoms with Crippen LogP contribution in [0.15, 0.2) is 16.7 Å². The Morgan fingerprint density at radius 3 is 2.92 bits per heavy atom. The summed E-state index contributed by atoms with van der Waals surface area (Å²) < 4.78 is 17.1. The fourth-order valence-corrected chi connectivity index (χ4v) is 5.40. The van der Waals surface area contributed by atoms with Gasteiger partial charge in [-0.15, -0.1) is 11.8 Å². The van der Waals surface area contributed by atoms with Crippen molar-refractivity contribution in [2.45, 2.75) is 37.0 Å². The summed E-state index contributed by atoms with van der Waals surface area (Å²) in [6.45, 7) is 6.15. The second kappa shape index (κ2) is 6.73. The van der Waals surface area contributed by atoms with Gasteiger partial charge in [0.25, 0.3) is 5.91 Å². The highest BCUT2D eigenvalue weighted by Gasteiger charge is 2.51. The van der Waals surface area contributed by atoms with E-state index in [9.17, 15) is 4.79 Å². The lowest BCUT2D eigenvalue weighted by Gasteiger charge is -2.47. The maximum atomic E-state index is 12.4.